The minimum absolute atomic E-state index is 0.188. The first-order chi connectivity index (χ1) is 10.8. The van der Waals surface area contributed by atoms with Crippen molar-refractivity contribution in [3.8, 4) is 21.0 Å². The molecule has 0 fully saturated rings. The van der Waals surface area contributed by atoms with E-state index in [2.05, 4.69) is 15.0 Å². The Hall–Kier alpha value is -2.95. The Bertz CT molecular complexity index is 852. The Morgan fingerprint density at radius 1 is 1.00 bits per heavy atom. The van der Waals surface area contributed by atoms with Gasteiger partial charge in [0.25, 0.3) is 5.91 Å². The van der Waals surface area contributed by atoms with Crippen LogP contribution < -0.4 is 0 Å². The molecule has 0 saturated heterocycles. The number of aromatic nitrogens is 1. The monoisotopic (exact) mass is 306 g/mol. The maximum atomic E-state index is 12.0. The van der Waals surface area contributed by atoms with Crippen LogP contribution in [-0.4, -0.2) is 10.9 Å². The number of hydrogen-bond donors (Lipinski definition) is 0. The van der Waals surface area contributed by atoms with Crippen molar-refractivity contribution < 1.29 is 4.79 Å². The lowest BCUT2D eigenvalue weighted by molar-refractivity contribution is 0.0997. The zero-order valence-corrected chi connectivity index (χ0v) is 12.2. The number of hydrogen-bond acceptors (Lipinski definition) is 3. The van der Waals surface area contributed by atoms with Gasteiger partial charge in [0.15, 0.2) is 0 Å². The maximum absolute atomic E-state index is 12.0. The zero-order valence-electron chi connectivity index (χ0n) is 11.4. The van der Waals surface area contributed by atoms with Crippen LogP contribution in [0, 0.1) is 0 Å². The lowest BCUT2D eigenvalue weighted by atomic mass is 10.1. The van der Waals surface area contributed by atoms with Gasteiger partial charge in [0, 0.05) is 10.5 Å². The van der Waals surface area contributed by atoms with Gasteiger partial charge in [0.2, 0.25) is 0 Å². The summed E-state index contributed by atoms with van der Waals surface area (Å²) in [6.07, 6.45) is 0. The summed E-state index contributed by atoms with van der Waals surface area (Å²) >= 11 is 1.40. The molecule has 1 amide bonds. The fourth-order valence-corrected chi connectivity index (χ4v) is 3.11. The van der Waals surface area contributed by atoms with Crippen LogP contribution >= 0.6 is 11.3 Å². The molecule has 0 N–H and O–H groups in total. The van der Waals surface area contributed by atoms with E-state index in [9.17, 15) is 4.79 Å². The predicted octanol–water partition coefficient (Wildman–Crippen LogP) is 4.93. The third kappa shape index (κ3) is 2.74. The molecule has 5 nitrogen and oxygen atoms in total. The fourth-order valence-electron chi connectivity index (χ4n) is 2.04. The number of azide groups is 1. The van der Waals surface area contributed by atoms with Crippen LogP contribution in [0.3, 0.4) is 0 Å². The predicted molar refractivity (Wildman–Crippen MR) is 86.5 cm³/mol. The quantitative estimate of drug-likeness (QED) is 0.391. The number of carbonyl (C=O) groups is 1. The summed E-state index contributed by atoms with van der Waals surface area (Å²) in [4.78, 5) is 19.7. The summed E-state index contributed by atoms with van der Waals surface area (Å²) in [6, 6.07) is 19.1. The molecule has 3 rings (SSSR count). The normalized spacial score (nSPS) is 10.0. The van der Waals surface area contributed by atoms with Gasteiger partial charge in [-0.05, 0) is 16.2 Å². The molecule has 0 aliphatic heterocycles. The number of amides is 1. The second kappa shape index (κ2) is 6.22. The number of rotatable bonds is 3. The molecule has 0 saturated carbocycles. The van der Waals surface area contributed by atoms with Crippen LogP contribution in [0.25, 0.3) is 31.5 Å². The minimum atomic E-state index is -0.667. The molecule has 3 aromatic rings. The van der Waals surface area contributed by atoms with Crippen LogP contribution in [0.1, 0.15) is 10.5 Å². The Balaban J connectivity index is 2.17. The molecule has 22 heavy (non-hydrogen) atoms. The van der Waals surface area contributed by atoms with Gasteiger partial charge in [0.1, 0.15) is 10.7 Å². The Kier molecular flexibility index (Phi) is 3.96. The van der Waals surface area contributed by atoms with Gasteiger partial charge in [0.05, 0.1) is 4.88 Å². The first-order valence-electron chi connectivity index (χ1n) is 6.50. The summed E-state index contributed by atoms with van der Waals surface area (Å²) in [7, 11) is 0. The van der Waals surface area contributed by atoms with Crippen LogP contribution in [0.5, 0.6) is 0 Å². The van der Waals surface area contributed by atoms with E-state index in [4.69, 9.17) is 5.53 Å². The first kappa shape index (κ1) is 14.0. The van der Waals surface area contributed by atoms with E-state index in [0.29, 0.717) is 4.88 Å². The summed E-state index contributed by atoms with van der Waals surface area (Å²) in [5, 5.41) is 3.89. The Labute approximate surface area is 130 Å². The number of nitrogens with zero attached hydrogens (tertiary/aromatic N) is 4. The molecule has 0 radical (unpaired) electrons. The second-order valence-electron chi connectivity index (χ2n) is 4.42. The number of thiazole rings is 1. The van der Waals surface area contributed by atoms with Crippen molar-refractivity contribution in [3.63, 3.8) is 0 Å². The molecule has 1 heterocycles. The SMILES string of the molecule is [N-]=[N+]=NC(=O)c1nc(-c2ccccc2)sc1-c1ccccc1. The molecule has 0 spiro atoms. The molecule has 2 aromatic carbocycles. The van der Waals surface area contributed by atoms with Gasteiger partial charge in [-0.1, -0.05) is 60.7 Å². The molecular formula is C16H10N4OS. The van der Waals surface area contributed by atoms with Crippen molar-refractivity contribution in [2.45, 2.75) is 0 Å². The van der Waals surface area contributed by atoms with Gasteiger partial charge in [-0.15, -0.1) is 11.3 Å². The van der Waals surface area contributed by atoms with E-state index in [1.165, 1.54) is 11.3 Å². The van der Waals surface area contributed by atoms with Crippen LogP contribution in [-0.2, 0) is 0 Å². The third-order valence-corrected chi connectivity index (χ3v) is 4.18. The molecule has 1 aromatic heterocycles. The van der Waals surface area contributed by atoms with E-state index >= 15 is 0 Å². The number of benzene rings is 2. The summed E-state index contributed by atoms with van der Waals surface area (Å²) in [5.41, 5.74) is 10.5. The highest BCUT2D eigenvalue weighted by Gasteiger charge is 2.19. The molecule has 0 aliphatic rings. The van der Waals surface area contributed by atoms with Gasteiger partial charge < -0.3 is 0 Å². The average molecular weight is 306 g/mol. The maximum Gasteiger partial charge on any atom is 0.268 e. The minimum Gasteiger partial charge on any atom is -0.285 e. The molecule has 6 heteroatoms. The van der Waals surface area contributed by atoms with Gasteiger partial charge >= 0.3 is 0 Å². The van der Waals surface area contributed by atoms with Gasteiger partial charge in [-0.3, -0.25) is 4.79 Å². The highest BCUT2D eigenvalue weighted by atomic mass is 32.1. The number of carbonyl (C=O) groups excluding carboxylic acids is 1. The fraction of sp³-hybridized carbons (Fsp3) is 0. The van der Waals surface area contributed by atoms with E-state index in [1.807, 2.05) is 60.7 Å². The van der Waals surface area contributed by atoms with Crippen LogP contribution in [0.2, 0.25) is 0 Å². The van der Waals surface area contributed by atoms with E-state index < -0.39 is 5.91 Å². The van der Waals surface area contributed by atoms with Crippen molar-refractivity contribution >= 4 is 17.2 Å². The standard InChI is InChI=1S/C16H10N4OS/c17-20-19-15(21)13-14(11-7-3-1-4-8-11)22-16(18-13)12-9-5-2-6-10-12/h1-10H. The smallest absolute Gasteiger partial charge is 0.268 e. The van der Waals surface area contributed by atoms with Crippen molar-refractivity contribution in [1.82, 2.24) is 4.98 Å². The van der Waals surface area contributed by atoms with Crippen molar-refractivity contribution in [3.05, 3.63) is 76.8 Å². The summed E-state index contributed by atoms with van der Waals surface area (Å²) in [5.74, 6) is -0.667. The highest BCUT2D eigenvalue weighted by Crippen LogP contribution is 2.35. The van der Waals surface area contributed by atoms with Crippen molar-refractivity contribution in [2.75, 3.05) is 0 Å². The van der Waals surface area contributed by atoms with Crippen LogP contribution in [0.4, 0.5) is 0 Å². The molecular weight excluding hydrogens is 296 g/mol. The molecule has 106 valence electrons. The van der Waals surface area contributed by atoms with E-state index in [0.717, 1.165) is 16.1 Å². The zero-order chi connectivity index (χ0) is 15.4. The summed E-state index contributed by atoms with van der Waals surface area (Å²) in [6.45, 7) is 0. The topological polar surface area (TPSA) is 78.7 Å². The molecule has 0 aliphatic carbocycles. The molecule has 0 unspecified atom stereocenters. The van der Waals surface area contributed by atoms with Crippen molar-refractivity contribution in [1.29, 1.82) is 0 Å². The van der Waals surface area contributed by atoms with E-state index in [-0.39, 0.29) is 5.69 Å². The lowest BCUT2D eigenvalue weighted by Gasteiger charge is -1.97. The van der Waals surface area contributed by atoms with Crippen LogP contribution in [0.15, 0.2) is 65.8 Å². The lowest BCUT2D eigenvalue weighted by Crippen LogP contribution is -1.96. The van der Waals surface area contributed by atoms with Gasteiger partial charge in [-0.2, -0.15) is 0 Å². The van der Waals surface area contributed by atoms with Crippen molar-refractivity contribution in [2.24, 2.45) is 5.11 Å². The average Bonchev–Trinajstić information content (AvgIpc) is 3.02. The molecule has 0 atom stereocenters. The Morgan fingerprint density at radius 2 is 1.59 bits per heavy atom. The first-order valence-corrected chi connectivity index (χ1v) is 7.32. The Morgan fingerprint density at radius 3 is 2.18 bits per heavy atom. The summed E-state index contributed by atoms with van der Waals surface area (Å²) < 4.78 is 0. The highest BCUT2D eigenvalue weighted by molar-refractivity contribution is 7.18. The largest absolute Gasteiger partial charge is 0.285 e. The molecule has 0 bridgehead atoms. The second-order valence-corrected chi connectivity index (χ2v) is 5.42. The van der Waals surface area contributed by atoms with E-state index in [1.54, 1.807) is 0 Å². The van der Waals surface area contributed by atoms with Gasteiger partial charge in [-0.25, -0.2) is 4.98 Å². The third-order valence-electron chi connectivity index (χ3n) is 3.02.